The molecule has 1 aromatic carbocycles. The van der Waals surface area contributed by atoms with Crippen molar-refractivity contribution in [3.05, 3.63) is 54.1 Å². The summed E-state index contributed by atoms with van der Waals surface area (Å²) in [5, 5.41) is 2.97. The van der Waals surface area contributed by atoms with Crippen molar-refractivity contribution >= 4 is 17.5 Å². The molecule has 0 aliphatic rings. The summed E-state index contributed by atoms with van der Waals surface area (Å²) in [6.45, 7) is 0. The number of rotatable bonds is 5. The van der Waals surface area contributed by atoms with Gasteiger partial charge in [-0.15, -0.1) is 11.6 Å². The lowest BCUT2D eigenvalue weighted by atomic mass is 10.1. The van der Waals surface area contributed by atoms with Crippen LogP contribution < -0.4 is 5.32 Å². The monoisotopic (exact) mass is 277 g/mol. The average Bonchev–Trinajstić information content (AvgIpc) is 2.83. The Labute approximate surface area is 117 Å². The van der Waals surface area contributed by atoms with Gasteiger partial charge in [-0.2, -0.15) is 0 Å². The lowest BCUT2D eigenvalue weighted by molar-refractivity contribution is -0.121. The molecule has 1 amide bonds. The number of carbonyl (C=O) groups is 1. The Hall–Kier alpha value is -1.81. The highest BCUT2D eigenvalue weighted by molar-refractivity contribution is 6.18. The Balaban J connectivity index is 2.29. The standard InChI is InChI=1S/C14H16ClN3O/c1-18-10-9-16-14(18)13(17-12(19)7-8-15)11-5-3-2-4-6-11/h2-6,9-10,13H,7-8H2,1H3,(H,17,19). The first kappa shape index (κ1) is 13.6. The van der Waals surface area contributed by atoms with Crippen LogP contribution in [0.15, 0.2) is 42.7 Å². The number of alkyl halides is 1. The second-order valence-electron chi connectivity index (χ2n) is 4.25. The molecule has 19 heavy (non-hydrogen) atoms. The van der Waals surface area contributed by atoms with Gasteiger partial charge in [0, 0.05) is 31.7 Å². The molecule has 1 unspecified atom stereocenters. The van der Waals surface area contributed by atoms with Crippen LogP contribution in [0.3, 0.4) is 0 Å². The lowest BCUT2D eigenvalue weighted by Gasteiger charge is -2.18. The van der Waals surface area contributed by atoms with Crippen molar-refractivity contribution in [1.82, 2.24) is 14.9 Å². The Morgan fingerprint density at radius 1 is 1.42 bits per heavy atom. The van der Waals surface area contributed by atoms with Gasteiger partial charge >= 0.3 is 0 Å². The molecule has 0 fully saturated rings. The Morgan fingerprint density at radius 3 is 2.74 bits per heavy atom. The molecule has 0 radical (unpaired) electrons. The van der Waals surface area contributed by atoms with E-state index in [1.165, 1.54) is 0 Å². The first-order valence-corrected chi connectivity index (χ1v) is 6.63. The summed E-state index contributed by atoms with van der Waals surface area (Å²) >= 11 is 5.60. The summed E-state index contributed by atoms with van der Waals surface area (Å²) in [5.74, 6) is 1.04. The van der Waals surface area contributed by atoms with Crippen molar-refractivity contribution in [2.45, 2.75) is 12.5 Å². The Morgan fingerprint density at radius 2 is 2.16 bits per heavy atom. The quantitative estimate of drug-likeness (QED) is 0.852. The highest BCUT2D eigenvalue weighted by Gasteiger charge is 2.19. The summed E-state index contributed by atoms with van der Waals surface area (Å²) in [5.41, 5.74) is 1.000. The number of aromatic nitrogens is 2. The van der Waals surface area contributed by atoms with E-state index in [0.717, 1.165) is 11.4 Å². The van der Waals surface area contributed by atoms with Crippen molar-refractivity contribution in [2.24, 2.45) is 7.05 Å². The van der Waals surface area contributed by atoms with Gasteiger partial charge in [0.25, 0.3) is 0 Å². The molecule has 0 saturated heterocycles. The minimum Gasteiger partial charge on any atom is -0.342 e. The number of hydrogen-bond donors (Lipinski definition) is 1. The van der Waals surface area contributed by atoms with Crippen LogP contribution in [0.5, 0.6) is 0 Å². The van der Waals surface area contributed by atoms with E-state index in [4.69, 9.17) is 11.6 Å². The largest absolute Gasteiger partial charge is 0.342 e. The zero-order chi connectivity index (χ0) is 13.7. The molecule has 4 nitrogen and oxygen atoms in total. The van der Waals surface area contributed by atoms with Crippen LogP contribution in [0.2, 0.25) is 0 Å². The molecule has 1 heterocycles. The second-order valence-corrected chi connectivity index (χ2v) is 4.62. The minimum atomic E-state index is -0.253. The van der Waals surface area contributed by atoms with Crippen LogP contribution >= 0.6 is 11.6 Å². The third-order valence-corrected chi connectivity index (χ3v) is 3.07. The number of nitrogens with one attached hydrogen (secondary N) is 1. The number of amides is 1. The summed E-state index contributed by atoms with van der Waals surface area (Å²) in [7, 11) is 1.91. The molecule has 5 heteroatoms. The van der Waals surface area contributed by atoms with Gasteiger partial charge in [0.1, 0.15) is 11.9 Å². The first-order valence-electron chi connectivity index (χ1n) is 6.10. The van der Waals surface area contributed by atoms with Crippen molar-refractivity contribution in [2.75, 3.05) is 5.88 Å². The summed E-state index contributed by atoms with van der Waals surface area (Å²) in [4.78, 5) is 16.1. The van der Waals surface area contributed by atoms with E-state index in [0.29, 0.717) is 12.3 Å². The zero-order valence-corrected chi connectivity index (χ0v) is 11.5. The van der Waals surface area contributed by atoms with Crippen LogP contribution in [0, 0.1) is 0 Å². The fraction of sp³-hybridized carbons (Fsp3) is 0.286. The van der Waals surface area contributed by atoms with Crippen LogP contribution in [-0.4, -0.2) is 21.3 Å². The molecule has 1 atom stereocenters. The van der Waals surface area contributed by atoms with Crippen LogP contribution in [0.25, 0.3) is 0 Å². The van der Waals surface area contributed by atoms with E-state index >= 15 is 0 Å². The van der Waals surface area contributed by atoms with Gasteiger partial charge in [-0.1, -0.05) is 30.3 Å². The topological polar surface area (TPSA) is 46.9 Å². The summed E-state index contributed by atoms with van der Waals surface area (Å²) in [6.07, 6.45) is 3.88. The first-order chi connectivity index (χ1) is 9.22. The molecule has 1 N–H and O–H groups in total. The SMILES string of the molecule is Cn1ccnc1C(NC(=O)CCCl)c1ccccc1. The number of imidazole rings is 1. The van der Waals surface area contributed by atoms with E-state index in [1.54, 1.807) is 6.20 Å². The van der Waals surface area contributed by atoms with E-state index < -0.39 is 0 Å². The van der Waals surface area contributed by atoms with E-state index in [1.807, 2.05) is 48.1 Å². The number of carbonyl (C=O) groups excluding carboxylic acids is 1. The van der Waals surface area contributed by atoms with Crippen molar-refractivity contribution in [3.8, 4) is 0 Å². The predicted molar refractivity (Wildman–Crippen MR) is 75.0 cm³/mol. The molecular weight excluding hydrogens is 262 g/mol. The zero-order valence-electron chi connectivity index (χ0n) is 10.7. The molecule has 100 valence electrons. The van der Waals surface area contributed by atoms with Gasteiger partial charge in [0.2, 0.25) is 5.91 Å². The van der Waals surface area contributed by atoms with E-state index in [2.05, 4.69) is 10.3 Å². The number of halogens is 1. The normalized spacial score (nSPS) is 12.1. The fourth-order valence-electron chi connectivity index (χ4n) is 1.92. The molecule has 2 aromatic rings. The van der Waals surface area contributed by atoms with E-state index in [9.17, 15) is 4.79 Å². The van der Waals surface area contributed by atoms with Gasteiger partial charge in [-0.3, -0.25) is 4.79 Å². The average molecular weight is 278 g/mol. The minimum absolute atomic E-state index is 0.0770. The third kappa shape index (κ3) is 3.35. The predicted octanol–water partition coefficient (Wildman–Crippen LogP) is 2.25. The fourth-order valence-corrected chi connectivity index (χ4v) is 2.09. The van der Waals surface area contributed by atoms with Crippen LogP contribution in [0.1, 0.15) is 23.9 Å². The lowest BCUT2D eigenvalue weighted by Crippen LogP contribution is -2.31. The molecule has 0 aliphatic heterocycles. The van der Waals surface area contributed by atoms with Crippen LogP contribution in [0.4, 0.5) is 0 Å². The van der Waals surface area contributed by atoms with Gasteiger partial charge in [0.15, 0.2) is 0 Å². The van der Waals surface area contributed by atoms with Crippen LogP contribution in [-0.2, 0) is 11.8 Å². The number of hydrogen-bond acceptors (Lipinski definition) is 2. The molecular formula is C14H16ClN3O. The molecule has 0 saturated carbocycles. The van der Waals surface area contributed by atoms with Gasteiger partial charge < -0.3 is 9.88 Å². The van der Waals surface area contributed by atoms with Crippen molar-refractivity contribution < 1.29 is 4.79 Å². The summed E-state index contributed by atoms with van der Waals surface area (Å²) < 4.78 is 1.90. The molecule has 1 aromatic heterocycles. The highest BCUT2D eigenvalue weighted by atomic mass is 35.5. The van der Waals surface area contributed by atoms with Gasteiger partial charge in [-0.05, 0) is 5.56 Å². The number of nitrogens with zero attached hydrogens (tertiary/aromatic N) is 2. The van der Waals surface area contributed by atoms with Crippen molar-refractivity contribution in [3.63, 3.8) is 0 Å². The number of aryl methyl sites for hydroxylation is 1. The molecule has 2 rings (SSSR count). The Bertz CT molecular complexity index is 539. The molecule has 0 bridgehead atoms. The maximum atomic E-state index is 11.8. The summed E-state index contributed by atoms with van der Waals surface area (Å²) in [6, 6.07) is 9.52. The van der Waals surface area contributed by atoms with Gasteiger partial charge in [-0.25, -0.2) is 4.98 Å². The van der Waals surface area contributed by atoms with E-state index in [-0.39, 0.29) is 11.9 Å². The third-order valence-electron chi connectivity index (χ3n) is 2.88. The molecule has 0 aliphatic carbocycles. The molecule has 0 spiro atoms. The number of benzene rings is 1. The second kappa shape index (κ2) is 6.38. The smallest absolute Gasteiger partial charge is 0.222 e. The van der Waals surface area contributed by atoms with Gasteiger partial charge in [0.05, 0.1) is 0 Å². The van der Waals surface area contributed by atoms with Crippen molar-refractivity contribution in [1.29, 1.82) is 0 Å². The highest BCUT2D eigenvalue weighted by Crippen LogP contribution is 2.20. The maximum Gasteiger partial charge on any atom is 0.222 e. The Kier molecular flexibility index (Phi) is 4.58. The maximum absolute atomic E-state index is 11.8.